The highest BCUT2D eigenvalue weighted by Crippen LogP contribution is 2.37. The maximum atomic E-state index is 12.4. The Morgan fingerprint density at radius 1 is 1.24 bits per heavy atom. The number of hydrogen-bond acceptors (Lipinski definition) is 5. The summed E-state index contributed by atoms with van der Waals surface area (Å²) in [6, 6.07) is 5.61. The highest BCUT2D eigenvalue weighted by molar-refractivity contribution is 5.86. The van der Waals surface area contributed by atoms with Gasteiger partial charge in [0.1, 0.15) is 5.82 Å². The number of nitrogen functional groups attached to an aromatic ring is 1. The van der Waals surface area contributed by atoms with Crippen LogP contribution in [0, 0.1) is 5.92 Å². The van der Waals surface area contributed by atoms with E-state index in [1.165, 1.54) is 30.4 Å². The molecule has 0 amide bonds. The van der Waals surface area contributed by atoms with Crippen LogP contribution in [0.3, 0.4) is 0 Å². The van der Waals surface area contributed by atoms with Crippen molar-refractivity contribution in [1.82, 2.24) is 9.78 Å². The number of aromatic nitrogens is 2. The normalized spacial score (nSPS) is 16.5. The number of ether oxygens (including phenoxy) is 2. The number of hydrogen-bond donors (Lipinski definition) is 1. The molecule has 1 aliphatic carbocycles. The number of benzene rings is 1. The van der Waals surface area contributed by atoms with E-state index in [-0.39, 0.29) is 12.7 Å². The molecule has 4 rings (SSSR count). The van der Waals surface area contributed by atoms with Crippen LogP contribution in [0.4, 0.5) is 5.82 Å². The van der Waals surface area contributed by atoms with Crippen molar-refractivity contribution >= 4 is 11.7 Å². The fraction of sp³-hybridized carbons (Fsp3) is 0.474. The third-order valence-electron chi connectivity index (χ3n) is 5.20. The Hall–Kier alpha value is -2.50. The van der Waals surface area contributed by atoms with Gasteiger partial charge >= 0.3 is 0 Å². The monoisotopic (exact) mass is 341 g/mol. The molecule has 2 aromatic rings. The second-order valence-corrected chi connectivity index (χ2v) is 6.86. The molecule has 6 heteroatoms. The van der Waals surface area contributed by atoms with Gasteiger partial charge in [-0.05, 0) is 36.5 Å². The molecule has 0 spiro atoms. The Morgan fingerprint density at radius 3 is 2.88 bits per heavy atom. The Bertz CT molecular complexity index is 778. The zero-order valence-electron chi connectivity index (χ0n) is 14.2. The molecule has 1 saturated carbocycles. The van der Waals surface area contributed by atoms with Gasteiger partial charge in [0.25, 0.3) is 0 Å². The lowest BCUT2D eigenvalue weighted by Crippen LogP contribution is -2.15. The summed E-state index contributed by atoms with van der Waals surface area (Å²) >= 11 is 0. The largest absolute Gasteiger partial charge is 0.454 e. The number of nitrogens with zero attached hydrogens (tertiary/aromatic N) is 2. The predicted octanol–water partition coefficient (Wildman–Crippen LogP) is 3.86. The van der Waals surface area contributed by atoms with Gasteiger partial charge in [-0.2, -0.15) is 9.78 Å². The Labute approximate surface area is 146 Å². The van der Waals surface area contributed by atoms with Gasteiger partial charge in [-0.1, -0.05) is 31.7 Å². The van der Waals surface area contributed by atoms with Crippen LogP contribution in [0.5, 0.6) is 11.5 Å². The van der Waals surface area contributed by atoms with E-state index in [0.717, 1.165) is 35.6 Å². The SMILES string of the molecule is Nc1c(-c2ccc3c(c2)OCO3)cnn1C(=O)CCCC1CCCC1. The maximum absolute atomic E-state index is 12.4. The standard InChI is InChI=1S/C19H23N3O3/c20-19-15(14-8-9-16-17(10-14)25-12-24-16)11-21-22(19)18(23)7-3-6-13-4-1-2-5-13/h8-11,13H,1-7,12,20H2. The zero-order chi connectivity index (χ0) is 17.2. The highest BCUT2D eigenvalue weighted by atomic mass is 16.7. The molecule has 0 saturated heterocycles. The third-order valence-corrected chi connectivity index (χ3v) is 5.20. The first-order valence-electron chi connectivity index (χ1n) is 8.99. The Balaban J connectivity index is 1.44. The zero-order valence-corrected chi connectivity index (χ0v) is 14.2. The number of rotatable bonds is 5. The number of fused-ring (bicyclic) bond motifs is 1. The molecule has 132 valence electrons. The summed E-state index contributed by atoms with van der Waals surface area (Å²) in [6.07, 6.45) is 9.46. The van der Waals surface area contributed by atoms with Crippen molar-refractivity contribution in [2.45, 2.75) is 44.9 Å². The van der Waals surface area contributed by atoms with E-state index < -0.39 is 0 Å². The first-order chi connectivity index (χ1) is 12.2. The topological polar surface area (TPSA) is 79.4 Å². The van der Waals surface area contributed by atoms with Gasteiger partial charge in [0.2, 0.25) is 12.7 Å². The summed E-state index contributed by atoms with van der Waals surface area (Å²) in [7, 11) is 0. The Morgan fingerprint density at radius 2 is 2.04 bits per heavy atom. The first-order valence-corrected chi connectivity index (χ1v) is 8.99. The van der Waals surface area contributed by atoms with Crippen LogP contribution in [0.2, 0.25) is 0 Å². The van der Waals surface area contributed by atoms with Crippen LogP contribution < -0.4 is 15.2 Å². The van der Waals surface area contributed by atoms with Gasteiger partial charge < -0.3 is 15.2 Å². The maximum Gasteiger partial charge on any atom is 0.248 e. The van der Waals surface area contributed by atoms with Crippen molar-refractivity contribution in [1.29, 1.82) is 0 Å². The minimum absolute atomic E-state index is 0.0394. The number of carbonyl (C=O) groups is 1. The minimum atomic E-state index is -0.0394. The fourth-order valence-electron chi connectivity index (χ4n) is 3.79. The molecule has 0 bridgehead atoms. The van der Waals surface area contributed by atoms with Crippen LogP contribution >= 0.6 is 0 Å². The smallest absolute Gasteiger partial charge is 0.248 e. The van der Waals surface area contributed by atoms with Crippen molar-refractivity contribution < 1.29 is 14.3 Å². The molecular weight excluding hydrogens is 318 g/mol. The van der Waals surface area contributed by atoms with Crippen LogP contribution in [0.1, 0.15) is 49.7 Å². The van der Waals surface area contributed by atoms with Crippen LogP contribution in [0.15, 0.2) is 24.4 Å². The summed E-state index contributed by atoms with van der Waals surface area (Å²) in [5.41, 5.74) is 7.79. The van der Waals surface area contributed by atoms with Crippen molar-refractivity contribution in [3.8, 4) is 22.6 Å². The average molecular weight is 341 g/mol. The summed E-state index contributed by atoms with van der Waals surface area (Å²) in [6.45, 7) is 0.229. The molecule has 2 heterocycles. The molecule has 0 radical (unpaired) electrons. The van der Waals surface area contributed by atoms with Crippen LogP contribution in [0.25, 0.3) is 11.1 Å². The van der Waals surface area contributed by atoms with Gasteiger partial charge in [-0.3, -0.25) is 4.79 Å². The lowest BCUT2D eigenvalue weighted by molar-refractivity contribution is 0.0884. The number of nitrogens with two attached hydrogens (primary N) is 1. The quantitative estimate of drug-likeness (QED) is 0.893. The van der Waals surface area contributed by atoms with Gasteiger partial charge in [0.05, 0.1) is 6.20 Å². The van der Waals surface area contributed by atoms with Crippen molar-refractivity contribution in [3.05, 3.63) is 24.4 Å². The lowest BCUT2D eigenvalue weighted by Gasteiger charge is -2.08. The fourth-order valence-corrected chi connectivity index (χ4v) is 3.79. The molecule has 1 aliphatic heterocycles. The number of anilines is 1. The van der Waals surface area contributed by atoms with Gasteiger partial charge in [0.15, 0.2) is 11.5 Å². The Kier molecular flexibility index (Phi) is 4.34. The van der Waals surface area contributed by atoms with Crippen molar-refractivity contribution in [2.75, 3.05) is 12.5 Å². The molecule has 1 aromatic heterocycles. The van der Waals surface area contributed by atoms with E-state index in [4.69, 9.17) is 15.2 Å². The summed E-state index contributed by atoms with van der Waals surface area (Å²) in [5.74, 6) is 2.55. The molecule has 2 N–H and O–H groups in total. The lowest BCUT2D eigenvalue weighted by atomic mass is 10.0. The molecule has 2 aliphatic rings. The minimum Gasteiger partial charge on any atom is -0.454 e. The van der Waals surface area contributed by atoms with Gasteiger partial charge in [-0.15, -0.1) is 0 Å². The van der Waals surface area contributed by atoms with Gasteiger partial charge in [-0.25, -0.2) is 0 Å². The third kappa shape index (κ3) is 3.21. The molecule has 1 aromatic carbocycles. The molecule has 0 unspecified atom stereocenters. The van der Waals surface area contributed by atoms with Crippen LogP contribution in [-0.2, 0) is 0 Å². The summed E-state index contributed by atoms with van der Waals surface area (Å²) < 4.78 is 12.0. The highest BCUT2D eigenvalue weighted by Gasteiger charge is 2.20. The van der Waals surface area contributed by atoms with E-state index in [2.05, 4.69) is 5.10 Å². The van der Waals surface area contributed by atoms with E-state index in [1.54, 1.807) is 6.20 Å². The van der Waals surface area contributed by atoms with E-state index in [0.29, 0.717) is 18.0 Å². The molecule has 1 fully saturated rings. The average Bonchev–Trinajstić information content (AvgIpc) is 3.34. The molecule has 6 nitrogen and oxygen atoms in total. The molecular formula is C19H23N3O3. The van der Waals surface area contributed by atoms with E-state index in [9.17, 15) is 4.79 Å². The molecule has 25 heavy (non-hydrogen) atoms. The van der Waals surface area contributed by atoms with E-state index >= 15 is 0 Å². The number of carbonyl (C=O) groups excluding carboxylic acids is 1. The first kappa shape index (κ1) is 16.0. The molecule has 0 atom stereocenters. The predicted molar refractivity (Wildman–Crippen MR) is 94.6 cm³/mol. The summed E-state index contributed by atoms with van der Waals surface area (Å²) in [4.78, 5) is 12.4. The van der Waals surface area contributed by atoms with Crippen molar-refractivity contribution in [2.24, 2.45) is 5.92 Å². The van der Waals surface area contributed by atoms with Crippen molar-refractivity contribution in [3.63, 3.8) is 0 Å². The van der Waals surface area contributed by atoms with Gasteiger partial charge in [0, 0.05) is 12.0 Å². The summed E-state index contributed by atoms with van der Waals surface area (Å²) in [5, 5.41) is 4.21. The van der Waals surface area contributed by atoms with Crippen LogP contribution in [-0.4, -0.2) is 22.5 Å². The second kappa shape index (κ2) is 6.78. The van der Waals surface area contributed by atoms with E-state index in [1.807, 2.05) is 18.2 Å². The second-order valence-electron chi connectivity index (χ2n) is 6.86.